The van der Waals surface area contributed by atoms with Crippen molar-refractivity contribution in [3.8, 4) is 11.3 Å². The molecule has 0 aliphatic carbocycles. The van der Waals surface area contributed by atoms with E-state index in [4.69, 9.17) is 4.42 Å². The zero-order valence-corrected chi connectivity index (χ0v) is 16.4. The molecule has 1 aromatic carbocycles. The van der Waals surface area contributed by atoms with Crippen molar-refractivity contribution in [3.63, 3.8) is 0 Å². The Balaban J connectivity index is 1.59. The molecule has 0 radical (unpaired) electrons. The van der Waals surface area contributed by atoms with E-state index in [2.05, 4.69) is 21.3 Å². The second kappa shape index (κ2) is 9.88. The summed E-state index contributed by atoms with van der Waals surface area (Å²) in [6, 6.07) is 10.8. The van der Waals surface area contributed by atoms with Crippen LogP contribution in [0, 0.1) is 0 Å². The predicted molar refractivity (Wildman–Crippen MR) is 108 cm³/mol. The minimum atomic E-state index is -0.455. The molecule has 154 valence electrons. The minimum Gasteiger partial charge on any atom is -0.451 e. The average Bonchev–Trinajstić information content (AvgIpc) is 3.27. The molecule has 0 saturated carbocycles. The van der Waals surface area contributed by atoms with Crippen molar-refractivity contribution in [2.45, 2.75) is 31.8 Å². The van der Waals surface area contributed by atoms with Gasteiger partial charge in [0.05, 0.1) is 12.6 Å². The first-order valence-corrected chi connectivity index (χ1v) is 9.76. The molecule has 1 atom stereocenters. The highest BCUT2D eigenvalue weighted by molar-refractivity contribution is 5.94. The third-order valence-corrected chi connectivity index (χ3v) is 4.82. The van der Waals surface area contributed by atoms with Gasteiger partial charge in [-0.25, -0.2) is 0 Å². The number of nitrogens with one attached hydrogen (secondary N) is 4. The lowest BCUT2D eigenvalue weighted by Gasteiger charge is -2.22. The molecular formula is C21H26N4O4. The molecule has 1 unspecified atom stereocenters. The number of rotatable bonds is 7. The van der Waals surface area contributed by atoms with Gasteiger partial charge in [0, 0.05) is 19.2 Å². The zero-order chi connectivity index (χ0) is 20.6. The molecule has 4 N–H and O–H groups in total. The summed E-state index contributed by atoms with van der Waals surface area (Å²) >= 11 is 0. The Morgan fingerprint density at radius 2 is 2.00 bits per heavy atom. The Morgan fingerprint density at radius 3 is 2.76 bits per heavy atom. The number of hydrogen-bond acceptors (Lipinski definition) is 5. The Morgan fingerprint density at radius 1 is 1.14 bits per heavy atom. The number of benzene rings is 1. The van der Waals surface area contributed by atoms with Gasteiger partial charge in [0.2, 0.25) is 11.8 Å². The maximum Gasteiger partial charge on any atom is 0.287 e. The van der Waals surface area contributed by atoms with Crippen molar-refractivity contribution in [1.29, 1.82) is 0 Å². The van der Waals surface area contributed by atoms with Crippen molar-refractivity contribution < 1.29 is 18.8 Å². The van der Waals surface area contributed by atoms with Gasteiger partial charge in [-0.2, -0.15) is 0 Å². The molecule has 8 heteroatoms. The Hall–Kier alpha value is -3.13. The van der Waals surface area contributed by atoms with E-state index >= 15 is 0 Å². The van der Waals surface area contributed by atoms with E-state index in [9.17, 15) is 14.4 Å². The number of furan rings is 1. The van der Waals surface area contributed by atoms with Crippen LogP contribution in [0.4, 0.5) is 0 Å². The highest BCUT2D eigenvalue weighted by Crippen LogP contribution is 2.23. The summed E-state index contributed by atoms with van der Waals surface area (Å²) in [4.78, 5) is 35.6. The molecule has 0 bridgehead atoms. The minimum absolute atomic E-state index is 0.0168. The molecule has 1 aliphatic heterocycles. The summed E-state index contributed by atoms with van der Waals surface area (Å²) in [5, 5.41) is 11.1. The maximum atomic E-state index is 12.3. The third kappa shape index (κ3) is 5.68. The molecule has 2 aromatic rings. The van der Waals surface area contributed by atoms with Crippen LogP contribution in [0.3, 0.4) is 0 Å². The second-order valence-corrected chi connectivity index (χ2v) is 6.94. The lowest BCUT2D eigenvalue weighted by atomic mass is 10.0. The summed E-state index contributed by atoms with van der Waals surface area (Å²) in [5.74, 6) is -0.0575. The maximum absolute atomic E-state index is 12.3. The molecule has 2 heterocycles. The first-order chi connectivity index (χ1) is 14.1. The number of carbonyl (C=O) groups excluding carboxylic acids is 3. The molecule has 1 aromatic heterocycles. The van der Waals surface area contributed by atoms with Crippen molar-refractivity contribution in [2.24, 2.45) is 0 Å². The van der Waals surface area contributed by atoms with E-state index in [0.717, 1.165) is 36.9 Å². The van der Waals surface area contributed by atoms with E-state index < -0.39 is 5.91 Å². The number of carbonyl (C=O) groups is 3. The Bertz CT molecular complexity index is 871. The second-order valence-electron chi connectivity index (χ2n) is 6.94. The van der Waals surface area contributed by atoms with Gasteiger partial charge >= 0.3 is 0 Å². The largest absolute Gasteiger partial charge is 0.451 e. The standard InChI is InChI=1S/C21H26N4O4/c1-22-19(26)13-25-21(28)18-9-8-17(29-18)15-6-4-5-14(11-15)12-24-20(27)16-7-2-3-10-23-16/h4-6,8-9,11,16,23H,2-3,7,10,12-13H2,1H3,(H,22,26)(H,24,27)(H,25,28). The summed E-state index contributed by atoms with van der Waals surface area (Å²) in [6.45, 7) is 1.19. The topological polar surface area (TPSA) is 112 Å². The first-order valence-electron chi connectivity index (χ1n) is 9.76. The van der Waals surface area contributed by atoms with Crippen LogP contribution in [0.25, 0.3) is 11.3 Å². The molecular weight excluding hydrogens is 372 g/mol. The van der Waals surface area contributed by atoms with Crippen LogP contribution < -0.4 is 21.3 Å². The van der Waals surface area contributed by atoms with Gasteiger partial charge in [-0.05, 0) is 43.1 Å². The number of amides is 3. The monoisotopic (exact) mass is 398 g/mol. The van der Waals surface area contributed by atoms with Crippen molar-refractivity contribution in [1.82, 2.24) is 21.3 Å². The Kier molecular flexibility index (Phi) is 7.02. The van der Waals surface area contributed by atoms with Crippen LogP contribution in [-0.2, 0) is 16.1 Å². The normalized spacial score (nSPS) is 16.1. The third-order valence-electron chi connectivity index (χ3n) is 4.82. The van der Waals surface area contributed by atoms with Crippen molar-refractivity contribution in [3.05, 3.63) is 47.7 Å². The first kappa shape index (κ1) is 20.6. The van der Waals surface area contributed by atoms with Gasteiger partial charge in [-0.1, -0.05) is 24.6 Å². The van der Waals surface area contributed by atoms with Crippen LogP contribution in [0.1, 0.15) is 35.4 Å². The molecule has 29 heavy (non-hydrogen) atoms. The van der Waals surface area contributed by atoms with Crippen LogP contribution >= 0.6 is 0 Å². The van der Waals surface area contributed by atoms with E-state index in [-0.39, 0.29) is 30.2 Å². The van der Waals surface area contributed by atoms with Gasteiger partial charge in [0.1, 0.15) is 5.76 Å². The van der Waals surface area contributed by atoms with E-state index in [1.807, 2.05) is 24.3 Å². The number of piperidine rings is 1. The summed E-state index contributed by atoms with van der Waals surface area (Å²) in [5.41, 5.74) is 1.74. The molecule has 3 amide bonds. The average molecular weight is 398 g/mol. The number of hydrogen-bond donors (Lipinski definition) is 4. The fourth-order valence-corrected chi connectivity index (χ4v) is 3.17. The van der Waals surface area contributed by atoms with Gasteiger partial charge in [-0.3, -0.25) is 14.4 Å². The van der Waals surface area contributed by atoms with Gasteiger partial charge in [0.25, 0.3) is 5.91 Å². The quantitative estimate of drug-likeness (QED) is 0.560. The summed E-state index contributed by atoms with van der Waals surface area (Å²) < 4.78 is 5.63. The predicted octanol–water partition coefficient (Wildman–Crippen LogP) is 1.18. The fraction of sp³-hybridized carbons (Fsp3) is 0.381. The highest BCUT2D eigenvalue weighted by Gasteiger charge is 2.20. The molecule has 8 nitrogen and oxygen atoms in total. The summed E-state index contributed by atoms with van der Waals surface area (Å²) in [6.07, 6.45) is 3.04. The smallest absolute Gasteiger partial charge is 0.287 e. The molecule has 1 aliphatic rings. The fourth-order valence-electron chi connectivity index (χ4n) is 3.17. The van der Waals surface area contributed by atoms with E-state index in [1.165, 1.54) is 7.05 Å². The van der Waals surface area contributed by atoms with Crippen LogP contribution in [-0.4, -0.2) is 43.9 Å². The van der Waals surface area contributed by atoms with Gasteiger partial charge < -0.3 is 25.7 Å². The van der Waals surface area contributed by atoms with Gasteiger partial charge in [-0.15, -0.1) is 0 Å². The molecule has 0 spiro atoms. The molecule has 1 fully saturated rings. The van der Waals surface area contributed by atoms with E-state index in [1.54, 1.807) is 12.1 Å². The molecule has 1 saturated heterocycles. The van der Waals surface area contributed by atoms with Crippen LogP contribution in [0.2, 0.25) is 0 Å². The van der Waals surface area contributed by atoms with Crippen LogP contribution in [0.5, 0.6) is 0 Å². The lowest BCUT2D eigenvalue weighted by molar-refractivity contribution is -0.123. The highest BCUT2D eigenvalue weighted by atomic mass is 16.3. The lowest BCUT2D eigenvalue weighted by Crippen LogP contribution is -2.46. The van der Waals surface area contributed by atoms with Crippen molar-refractivity contribution in [2.75, 3.05) is 20.1 Å². The zero-order valence-electron chi connectivity index (χ0n) is 16.4. The SMILES string of the molecule is CNC(=O)CNC(=O)c1ccc(-c2cccc(CNC(=O)C3CCCCN3)c2)o1. The Labute approximate surface area is 169 Å². The van der Waals surface area contributed by atoms with E-state index in [0.29, 0.717) is 12.3 Å². The van der Waals surface area contributed by atoms with Crippen molar-refractivity contribution >= 4 is 17.7 Å². The number of likely N-dealkylation sites (N-methyl/N-ethyl adjacent to an activating group) is 1. The summed E-state index contributed by atoms with van der Waals surface area (Å²) in [7, 11) is 1.50. The van der Waals surface area contributed by atoms with Crippen LogP contribution in [0.15, 0.2) is 40.8 Å². The van der Waals surface area contributed by atoms with Gasteiger partial charge in [0.15, 0.2) is 5.76 Å². The molecule has 3 rings (SSSR count).